The van der Waals surface area contributed by atoms with Gasteiger partial charge in [-0.2, -0.15) is 13.2 Å². The van der Waals surface area contributed by atoms with Crippen LogP contribution in [0.2, 0.25) is 0 Å². The van der Waals surface area contributed by atoms with Gasteiger partial charge < -0.3 is 14.8 Å². The Morgan fingerprint density at radius 3 is 2.45 bits per heavy atom. The van der Waals surface area contributed by atoms with E-state index in [1.54, 1.807) is 38.1 Å². The van der Waals surface area contributed by atoms with Gasteiger partial charge in [-0.25, -0.2) is 9.59 Å². The van der Waals surface area contributed by atoms with Gasteiger partial charge in [-0.15, -0.1) is 0 Å². The van der Waals surface area contributed by atoms with Crippen LogP contribution < -0.4 is 5.32 Å². The lowest BCUT2D eigenvalue weighted by Gasteiger charge is -2.24. The zero-order valence-electron chi connectivity index (χ0n) is 18.3. The van der Waals surface area contributed by atoms with Gasteiger partial charge in [0.15, 0.2) is 11.4 Å². The smallest absolute Gasteiger partial charge is 0.416 e. The van der Waals surface area contributed by atoms with E-state index < -0.39 is 29.4 Å². The predicted octanol–water partition coefficient (Wildman–Crippen LogP) is 6.01. The number of alkyl halides is 3. The Morgan fingerprint density at radius 2 is 1.82 bits per heavy atom. The Labute approximate surface area is 189 Å². The number of carbonyl (C=O) groups excluding carboxylic acids is 2. The molecule has 33 heavy (non-hydrogen) atoms. The van der Waals surface area contributed by atoms with Gasteiger partial charge in [0.05, 0.1) is 5.56 Å². The van der Waals surface area contributed by atoms with Gasteiger partial charge in [-0.3, -0.25) is 0 Å². The summed E-state index contributed by atoms with van der Waals surface area (Å²) >= 11 is 0. The minimum absolute atomic E-state index is 0.191. The molecule has 0 bridgehead atoms. The third-order valence-electron chi connectivity index (χ3n) is 6.08. The summed E-state index contributed by atoms with van der Waals surface area (Å²) in [4.78, 5) is 25.2. The number of esters is 1. The number of aryl methyl sites for hydroxylation is 1. The molecule has 0 aromatic heterocycles. The molecular weight excluding hydrogens is 435 g/mol. The fourth-order valence-electron chi connectivity index (χ4n) is 4.52. The first-order valence-corrected chi connectivity index (χ1v) is 10.9. The van der Waals surface area contributed by atoms with E-state index in [9.17, 15) is 22.8 Å². The maximum absolute atomic E-state index is 13.1. The Morgan fingerprint density at radius 1 is 1.12 bits per heavy atom. The topological polar surface area (TPSA) is 64.6 Å². The molecule has 1 saturated carbocycles. The minimum Gasteiger partial charge on any atom is -0.447 e. The highest BCUT2D eigenvalue weighted by molar-refractivity contribution is 6.20. The van der Waals surface area contributed by atoms with Gasteiger partial charge in [0.25, 0.3) is 0 Å². The molecule has 0 atom stereocenters. The standard InChI is InChI=1S/C25H24F3NO4/c1-3-29-23(31)32-21-20(22(30)33-24(21)11-4-5-12-24)19-10-9-17(13-15(19)2)16-7-6-8-18(14-16)25(26,27)28/h6-10,13-14H,3-5,11-12H2,1-2H3,(H,29,31). The number of alkyl carbamates (subject to hydrolysis) is 1. The lowest BCUT2D eigenvalue weighted by atomic mass is 9.91. The molecule has 1 aliphatic heterocycles. The largest absolute Gasteiger partial charge is 0.447 e. The first-order chi connectivity index (χ1) is 15.6. The van der Waals surface area contributed by atoms with E-state index in [0.29, 0.717) is 41.6 Å². The van der Waals surface area contributed by atoms with Crippen LogP contribution in [0.4, 0.5) is 18.0 Å². The number of halogens is 3. The Balaban J connectivity index is 1.77. The van der Waals surface area contributed by atoms with Gasteiger partial charge in [0.2, 0.25) is 0 Å². The van der Waals surface area contributed by atoms with Crippen LogP contribution >= 0.6 is 0 Å². The molecule has 1 amide bonds. The lowest BCUT2D eigenvalue weighted by molar-refractivity contribution is -0.146. The first-order valence-electron chi connectivity index (χ1n) is 10.9. The Kier molecular flexibility index (Phi) is 5.95. The molecule has 1 N–H and O–H groups in total. The normalized spacial score (nSPS) is 17.4. The number of ether oxygens (including phenoxy) is 2. The summed E-state index contributed by atoms with van der Waals surface area (Å²) in [5, 5.41) is 2.57. The molecule has 2 aliphatic rings. The van der Waals surface area contributed by atoms with Gasteiger partial charge in [0.1, 0.15) is 5.57 Å². The molecule has 0 radical (unpaired) electrons. The summed E-state index contributed by atoms with van der Waals surface area (Å²) in [6.45, 7) is 3.89. The fourth-order valence-corrected chi connectivity index (χ4v) is 4.52. The molecule has 1 heterocycles. The number of nitrogens with one attached hydrogen (secondary N) is 1. The van der Waals surface area contributed by atoms with Crippen LogP contribution in [0.25, 0.3) is 16.7 Å². The van der Waals surface area contributed by atoms with Crippen molar-refractivity contribution >= 4 is 17.6 Å². The SMILES string of the molecule is CCNC(=O)OC1=C(c2ccc(-c3cccc(C(F)(F)F)c3)cc2C)C(=O)OC12CCCC2. The van der Waals surface area contributed by atoms with E-state index in [-0.39, 0.29) is 11.3 Å². The van der Waals surface area contributed by atoms with Crippen molar-refractivity contribution < 1.29 is 32.2 Å². The molecule has 0 unspecified atom stereocenters. The summed E-state index contributed by atoms with van der Waals surface area (Å²) in [6, 6.07) is 10.1. The van der Waals surface area contributed by atoms with Gasteiger partial charge in [0, 0.05) is 6.54 Å². The zero-order valence-corrected chi connectivity index (χ0v) is 18.3. The summed E-state index contributed by atoms with van der Waals surface area (Å²) in [5.41, 5.74) is 0.678. The van der Waals surface area contributed by atoms with E-state index >= 15 is 0 Å². The molecule has 2 aromatic carbocycles. The third-order valence-corrected chi connectivity index (χ3v) is 6.08. The number of rotatable bonds is 4. The lowest BCUT2D eigenvalue weighted by Crippen LogP contribution is -2.33. The van der Waals surface area contributed by atoms with Crippen molar-refractivity contribution in [1.82, 2.24) is 5.32 Å². The second-order valence-electron chi connectivity index (χ2n) is 8.32. The van der Waals surface area contributed by atoms with Crippen molar-refractivity contribution in [2.24, 2.45) is 0 Å². The van der Waals surface area contributed by atoms with Crippen molar-refractivity contribution in [1.29, 1.82) is 0 Å². The van der Waals surface area contributed by atoms with E-state index in [0.717, 1.165) is 25.0 Å². The van der Waals surface area contributed by atoms with Crippen LogP contribution in [-0.2, 0) is 20.4 Å². The number of hydrogen-bond acceptors (Lipinski definition) is 4. The predicted molar refractivity (Wildman–Crippen MR) is 116 cm³/mol. The highest BCUT2D eigenvalue weighted by Crippen LogP contribution is 2.48. The molecular formula is C25H24F3NO4. The monoisotopic (exact) mass is 459 g/mol. The number of hydrogen-bond donors (Lipinski definition) is 1. The quantitative estimate of drug-likeness (QED) is 0.569. The van der Waals surface area contributed by atoms with Crippen LogP contribution in [0.1, 0.15) is 49.3 Å². The highest BCUT2D eigenvalue weighted by atomic mass is 19.4. The average Bonchev–Trinajstić information content (AvgIpc) is 3.33. The van der Waals surface area contributed by atoms with Gasteiger partial charge >= 0.3 is 18.2 Å². The van der Waals surface area contributed by atoms with Crippen molar-refractivity contribution in [2.45, 2.75) is 51.3 Å². The van der Waals surface area contributed by atoms with Crippen LogP contribution in [0.5, 0.6) is 0 Å². The Bertz CT molecular complexity index is 1130. The maximum atomic E-state index is 13.1. The minimum atomic E-state index is -4.44. The average molecular weight is 459 g/mol. The van der Waals surface area contributed by atoms with E-state index in [1.165, 1.54) is 6.07 Å². The van der Waals surface area contributed by atoms with E-state index in [2.05, 4.69) is 5.32 Å². The van der Waals surface area contributed by atoms with E-state index in [1.807, 2.05) is 0 Å². The molecule has 174 valence electrons. The summed E-state index contributed by atoms with van der Waals surface area (Å²) in [5.74, 6) is -0.350. The van der Waals surface area contributed by atoms with Crippen LogP contribution in [0, 0.1) is 6.92 Å². The summed E-state index contributed by atoms with van der Waals surface area (Å²) < 4.78 is 50.7. The number of carbonyl (C=O) groups is 2. The third kappa shape index (κ3) is 4.34. The van der Waals surface area contributed by atoms with E-state index in [4.69, 9.17) is 9.47 Å². The fraction of sp³-hybridized carbons (Fsp3) is 0.360. The second kappa shape index (κ2) is 8.57. The first kappa shape index (κ1) is 22.9. The molecule has 1 fully saturated rings. The Hall–Kier alpha value is -3.29. The molecule has 0 saturated heterocycles. The van der Waals surface area contributed by atoms with Crippen molar-refractivity contribution in [3.63, 3.8) is 0 Å². The van der Waals surface area contributed by atoms with Crippen LogP contribution in [0.3, 0.4) is 0 Å². The zero-order chi connectivity index (χ0) is 23.8. The molecule has 2 aromatic rings. The highest BCUT2D eigenvalue weighted by Gasteiger charge is 2.52. The number of benzene rings is 2. The van der Waals surface area contributed by atoms with Crippen LogP contribution in [-0.4, -0.2) is 24.2 Å². The van der Waals surface area contributed by atoms with Crippen molar-refractivity contribution in [2.75, 3.05) is 6.54 Å². The second-order valence-corrected chi connectivity index (χ2v) is 8.32. The van der Waals surface area contributed by atoms with Gasteiger partial charge in [-0.05, 0) is 73.9 Å². The summed E-state index contributed by atoms with van der Waals surface area (Å²) in [7, 11) is 0. The number of amides is 1. The molecule has 5 nitrogen and oxygen atoms in total. The molecule has 1 aliphatic carbocycles. The summed E-state index contributed by atoms with van der Waals surface area (Å²) in [6.07, 6.45) is -2.28. The van der Waals surface area contributed by atoms with Crippen molar-refractivity contribution in [3.05, 3.63) is 64.9 Å². The van der Waals surface area contributed by atoms with Crippen molar-refractivity contribution in [3.8, 4) is 11.1 Å². The van der Waals surface area contributed by atoms with Crippen LogP contribution in [0.15, 0.2) is 48.2 Å². The molecule has 8 heteroatoms. The van der Waals surface area contributed by atoms with Gasteiger partial charge in [-0.1, -0.05) is 30.3 Å². The molecule has 1 spiro atoms. The molecule has 4 rings (SSSR count). The maximum Gasteiger partial charge on any atom is 0.416 e.